The van der Waals surface area contributed by atoms with Gasteiger partial charge in [-0.05, 0) is 19.1 Å². The van der Waals surface area contributed by atoms with Gasteiger partial charge in [0.2, 0.25) is 5.13 Å². The van der Waals surface area contributed by atoms with E-state index in [1.807, 2.05) is 6.07 Å². The number of phenols is 1. The predicted molar refractivity (Wildman–Crippen MR) is 76.2 cm³/mol. The van der Waals surface area contributed by atoms with Crippen LogP contribution < -0.4 is 5.43 Å². The number of hydrazone groups is 1. The molecule has 1 aromatic carbocycles. The predicted octanol–water partition coefficient (Wildman–Crippen LogP) is 2.81. The van der Waals surface area contributed by atoms with Gasteiger partial charge in [-0.1, -0.05) is 23.5 Å². The number of aromatic nitrogens is 1. The molecule has 0 saturated carbocycles. The number of carbonyl (C=O) groups excluding carboxylic acids is 1. The number of nitrogens with one attached hydrogen (secondary N) is 1. The monoisotopic (exact) mass is 275 g/mol. The number of thiazole rings is 1. The number of para-hydroxylation sites is 1. The van der Waals surface area contributed by atoms with Gasteiger partial charge in [-0.15, -0.1) is 0 Å². The first kappa shape index (κ1) is 13.2. The van der Waals surface area contributed by atoms with Crippen molar-refractivity contribution < 1.29 is 9.90 Å². The molecule has 5 nitrogen and oxygen atoms in total. The maximum Gasteiger partial charge on any atom is 0.204 e. The first-order valence-corrected chi connectivity index (χ1v) is 6.45. The Kier molecular flexibility index (Phi) is 3.91. The molecule has 0 fully saturated rings. The lowest BCUT2D eigenvalue weighted by Gasteiger charge is -1.96. The van der Waals surface area contributed by atoms with Crippen LogP contribution in [-0.2, 0) is 0 Å². The van der Waals surface area contributed by atoms with Crippen molar-refractivity contribution in [3.63, 3.8) is 0 Å². The van der Waals surface area contributed by atoms with Gasteiger partial charge in [-0.25, -0.2) is 4.98 Å². The first-order valence-electron chi connectivity index (χ1n) is 5.63. The molecule has 0 aliphatic carbocycles. The van der Waals surface area contributed by atoms with Crippen molar-refractivity contribution in [2.45, 2.75) is 13.8 Å². The fourth-order valence-corrected chi connectivity index (χ4v) is 2.34. The van der Waals surface area contributed by atoms with Gasteiger partial charge in [0.15, 0.2) is 5.78 Å². The third-order valence-corrected chi connectivity index (χ3v) is 3.58. The SMILES string of the molecule is CC(=O)c1sc(N/N=C/c2ccccc2O)nc1C. The summed E-state index contributed by atoms with van der Waals surface area (Å²) in [4.78, 5) is 16.1. The zero-order chi connectivity index (χ0) is 13.8. The number of aryl methyl sites for hydroxylation is 1. The van der Waals surface area contributed by atoms with Gasteiger partial charge >= 0.3 is 0 Å². The molecule has 0 saturated heterocycles. The molecular weight excluding hydrogens is 262 g/mol. The van der Waals surface area contributed by atoms with Crippen molar-refractivity contribution >= 4 is 28.5 Å². The van der Waals surface area contributed by atoms with Gasteiger partial charge in [0.1, 0.15) is 5.75 Å². The van der Waals surface area contributed by atoms with Gasteiger partial charge < -0.3 is 5.11 Å². The minimum absolute atomic E-state index is 0.00673. The Labute approximate surface area is 114 Å². The third-order valence-electron chi connectivity index (χ3n) is 2.42. The number of phenolic OH excluding ortho intramolecular Hbond substituents is 1. The second-order valence-corrected chi connectivity index (χ2v) is 4.92. The maximum atomic E-state index is 11.3. The second-order valence-electron chi connectivity index (χ2n) is 3.92. The number of anilines is 1. The summed E-state index contributed by atoms with van der Waals surface area (Å²) in [5.74, 6) is 0.153. The van der Waals surface area contributed by atoms with Crippen molar-refractivity contribution in [1.82, 2.24) is 4.98 Å². The van der Waals surface area contributed by atoms with E-state index in [0.29, 0.717) is 21.3 Å². The molecule has 0 spiro atoms. The number of ketones is 1. The number of carbonyl (C=O) groups is 1. The summed E-state index contributed by atoms with van der Waals surface area (Å²) in [6.45, 7) is 3.29. The number of hydrogen-bond donors (Lipinski definition) is 2. The first-order chi connectivity index (χ1) is 9.08. The quantitative estimate of drug-likeness (QED) is 0.511. The molecule has 0 radical (unpaired) electrons. The summed E-state index contributed by atoms with van der Waals surface area (Å²) in [6, 6.07) is 6.88. The fourth-order valence-electron chi connectivity index (χ4n) is 1.52. The third kappa shape index (κ3) is 3.17. The molecule has 1 heterocycles. The molecule has 0 aliphatic rings. The largest absolute Gasteiger partial charge is 0.507 e. The summed E-state index contributed by atoms with van der Waals surface area (Å²) in [5, 5.41) is 14.1. The van der Waals surface area contributed by atoms with Crippen LogP contribution >= 0.6 is 11.3 Å². The van der Waals surface area contributed by atoms with Gasteiger partial charge in [-0.2, -0.15) is 5.10 Å². The molecule has 6 heteroatoms. The Morgan fingerprint density at radius 1 is 1.47 bits per heavy atom. The number of aromatic hydroxyl groups is 1. The van der Waals surface area contributed by atoms with E-state index in [1.165, 1.54) is 24.5 Å². The van der Waals surface area contributed by atoms with E-state index < -0.39 is 0 Å². The van der Waals surface area contributed by atoms with Crippen molar-refractivity contribution in [1.29, 1.82) is 0 Å². The number of nitrogens with zero attached hydrogens (tertiary/aromatic N) is 2. The van der Waals surface area contributed by atoms with Gasteiger partial charge in [0, 0.05) is 12.5 Å². The molecule has 2 rings (SSSR count). The van der Waals surface area contributed by atoms with Crippen molar-refractivity contribution in [3.8, 4) is 5.75 Å². The molecule has 19 heavy (non-hydrogen) atoms. The van der Waals surface area contributed by atoms with E-state index in [4.69, 9.17) is 0 Å². The minimum Gasteiger partial charge on any atom is -0.507 e. The van der Waals surface area contributed by atoms with Gasteiger partial charge in [0.05, 0.1) is 16.8 Å². The van der Waals surface area contributed by atoms with Crippen LogP contribution in [-0.4, -0.2) is 22.1 Å². The van der Waals surface area contributed by atoms with Crippen molar-refractivity contribution in [2.75, 3.05) is 5.43 Å². The average molecular weight is 275 g/mol. The Balaban J connectivity index is 2.09. The molecule has 98 valence electrons. The average Bonchev–Trinajstić information content (AvgIpc) is 2.73. The van der Waals surface area contributed by atoms with Gasteiger partial charge in [0.25, 0.3) is 0 Å². The standard InChI is InChI=1S/C13H13N3O2S/c1-8-12(9(2)17)19-13(15-8)16-14-7-10-5-3-4-6-11(10)18/h3-7,18H,1-2H3,(H,15,16)/b14-7+. The zero-order valence-electron chi connectivity index (χ0n) is 10.5. The fraction of sp³-hybridized carbons (Fsp3) is 0.154. The Hall–Kier alpha value is -2.21. The molecule has 0 amide bonds. The molecule has 2 N–H and O–H groups in total. The summed E-state index contributed by atoms with van der Waals surface area (Å²) in [6.07, 6.45) is 1.50. The van der Waals surface area contributed by atoms with E-state index in [-0.39, 0.29) is 11.5 Å². The van der Waals surface area contributed by atoms with E-state index in [0.717, 1.165) is 0 Å². The lowest BCUT2D eigenvalue weighted by molar-refractivity contribution is 0.102. The van der Waals surface area contributed by atoms with Crippen LogP contribution in [0.2, 0.25) is 0 Å². The Morgan fingerprint density at radius 3 is 2.84 bits per heavy atom. The molecule has 0 bridgehead atoms. The van der Waals surface area contributed by atoms with Crippen LogP contribution in [0.25, 0.3) is 0 Å². The summed E-state index contributed by atoms with van der Waals surface area (Å²) >= 11 is 1.26. The molecular formula is C13H13N3O2S. The van der Waals surface area contributed by atoms with E-state index >= 15 is 0 Å². The van der Waals surface area contributed by atoms with Gasteiger partial charge in [-0.3, -0.25) is 10.2 Å². The highest BCUT2D eigenvalue weighted by molar-refractivity contribution is 7.17. The van der Waals surface area contributed by atoms with Crippen LogP contribution in [0.4, 0.5) is 5.13 Å². The topological polar surface area (TPSA) is 74.6 Å². The summed E-state index contributed by atoms with van der Waals surface area (Å²) in [7, 11) is 0. The van der Waals surface area contributed by atoms with E-state index in [1.54, 1.807) is 25.1 Å². The van der Waals surface area contributed by atoms with Crippen LogP contribution in [0, 0.1) is 6.92 Å². The molecule has 2 aromatic rings. The number of Topliss-reactive ketones (excluding diaryl/α,β-unsaturated/α-hetero) is 1. The van der Waals surface area contributed by atoms with Crippen molar-refractivity contribution in [2.24, 2.45) is 5.10 Å². The molecule has 0 atom stereocenters. The second kappa shape index (κ2) is 5.62. The smallest absolute Gasteiger partial charge is 0.204 e. The highest BCUT2D eigenvalue weighted by atomic mass is 32.1. The minimum atomic E-state index is -0.00673. The Morgan fingerprint density at radius 2 is 2.21 bits per heavy atom. The molecule has 1 aromatic heterocycles. The normalized spacial score (nSPS) is 10.8. The van der Waals surface area contributed by atoms with Crippen LogP contribution in [0.15, 0.2) is 29.4 Å². The summed E-state index contributed by atoms with van der Waals surface area (Å²) < 4.78 is 0. The summed E-state index contributed by atoms with van der Waals surface area (Å²) in [5.41, 5.74) is 4.05. The maximum absolute atomic E-state index is 11.3. The Bertz CT molecular complexity index is 635. The lowest BCUT2D eigenvalue weighted by Crippen LogP contribution is -1.90. The van der Waals surface area contributed by atoms with Crippen LogP contribution in [0.5, 0.6) is 5.75 Å². The highest BCUT2D eigenvalue weighted by Crippen LogP contribution is 2.22. The van der Waals surface area contributed by atoms with E-state index in [9.17, 15) is 9.90 Å². The van der Waals surface area contributed by atoms with Crippen LogP contribution in [0.1, 0.15) is 27.9 Å². The lowest BCUT2D eigenvalue weighted by atomic mass is 10.2. The molecule has 0 unspecified atom stereocenters. The van der Waals surface area contributed by atoms with Crippen LogP contribution in [0.3, 0.4) is 0 Å². The number of rotatable bonds is 4. The molecule has 0 aliphatic heterocycles. The highest BCUT2D eigenvalue weighted by Gasteiger charge is 2.10. The number of benzene rings is 1. The van der Waals surface area contributed by atoms with E-state index in [2.05, 4.69) is 15.5 Å². The van der Waals surface area contributed by atoms with Crippen molar-refractivity contribution in [3.05, 3.63) is 40.4 Å². The zero-order valence-corrected chi connectivity index (χ0v) is 11.4. The number of hydrogen-bond acceptors (Lipinski definition) is 6.